The van der Waals surface area contributed by atoms with Crippen LogP contribution in [0.4, 0.5) is 5.69 Å². The van der Waals surface area contributed by atoms with Crippen molar-refractivity contribution in [2.24, 2.45) is 0 Å². The lowest BCUT2D eigenvalue weighted by Crippen LogP contribution is -2.19. The first-order valence-corrected chi connectivity index (χ1v) is 3.84. The molecule has 0 unspecified atom stereocenters. The van der Waals surface area contributed by atoms with Crippen LogP contribution < -0.4 is 5.06 Å². The molecule has 0 fully saturated rings. The minimum Gasteiger partial charge on any atom is -0.282 e. The highest BCUT2D eigenvalue weighted by Crippen LogP contribution is 2.12. The molecule has 0 aromatic heterocycles. The summed E-state index contributed by atoms with van der Waals surface area (Å²) in [6.45, 7) is 0. The molecule has 0 amide bonds. The van der Waals surface area contributed by atoms with Crippen LogP contribution >= 0.6 is 24.8 Å². The van der Waals surface area contributed by atoms with Crippen LogP contribution in [-0.4, -0.2) is 9.53 Å². The van der Waals surface area contributed by atoms with Gasteiger partial charge < -0.3 is 0 Å². The summed E-state index contributed by atoms with van der Waals surface area (Å²) in [5.41, 5.74) is 0.618. The molecule has 11 heavy (non-hydrogen) atoms. The Balaban J connectivity index is 2.85. The van der Waals surface area contributed by atoms with Crippen LogP contribution in [0.25, 0.3) is 0 Å². The topological polar surface area (TPSA) is 23.5 Å². The average molecular weight is 185 g/mol. The fraction of sp³-hybridized carbons (Fsp3) is 0. The standard InChI is InChI=1S/C7H7NOS2/c9-8(7(10)11)6-4-2-1-3-5-6/h1-5,9H,(H,10,11). The molecule has 1 aromatic carbocycles. The van der Waals surface area contributed by atoms with Crippen molar-refractivity contribution >= 4 is 34.9 Å². The number of benzene rings is 1. The van der Waals surface area contributed by atoms with Crippen LogP contribution in [0.2, 0.25) is 0 Å². The number of nitrogens with zero attached hydrogens (tertiary/aromatic N) is 1. The Morgan fingerprint density at radius 2 is 1.91 bits per heavy atom. The summed E-state index contributed by atoms with van der Waals surface area (Å²) in [5, 5.41) is 10.1. The number of thiol groups is 1. The molecule has 4 heteroatoms. The van der Waals surface area contributed by atoms with E-state index in [1.54, 1.807) is 12.1 Å². The minimum atomic E-state index is 0.135. The van der Waals surface area contributed by atoms with Crippen LogP contribution in [0.3, 0.4) is 0 Å². The first-order chi connectivity index (χ1) is 5.22. The normalized spacial score (nSPS) is 9.27. The summed E-state index contributed by atoms with van der Waals surface area (Å²) < 4.78 is 0.135. The highest BCUT2D eigenvalue weighted by Gasteiger charge is 2.02. The van der Waals surface area contributed by atoms with Crippen molar-refractivity contribution in [2.45, 2.75) is 0 Å². The monoisotopic (exact) mass is 185 g/mol. The fourth-order valence-corrected chi connectivity index (χ4v) is 0.901. The van der Waals surface area contributed by atoms with Crippen molar-refractivity contribution in [2.75, 3.05) is 5.06 Å². The summed E-state index contributed by atoms with van der Waals surface area (Å²) >= 11 is 8.45. The maximum absolute atomic E-state index is 9.21. The average Bonchev–Trinajstić information content (AvgIpc) is 2.05. The molecule has 0 aliphatic heterocycles. The molecule has 2 nitrogen and oxygen atoms in total. The van der Waals surface area contributed by atoms with Crippen molar-refractivity contribution in [1.82, 2.24) is 0 Å². The van der Waals surface area contributed by atoms with Crippen molar-refractivity contribution < 1.29 is 5.21 Å². The Morgan fingerprint density at radius 3 is 2.36 bits per heavy atom. The second-order valence-electron chi connectivity index (χ2n) is 1.93. The first kappa shape index (κ1) is 8.52. The lowest BCUT2D eigenvalue weighted by atomic mass is 10.3. The molecule has 0 aliphatic carbocycles. The molecule has 0 bridgehead atoms. The third-order valence-electron chi connectivity index (χ3n) is 1.18. The molecule has 0 radical (unpaired) electrons. The van der Waals surface area contributed by atoms with Gasteiger partial charge in [-0.2, -0.15) is 0 Å². The molecule has 58 valence electrons. The maximum atomic E-state index is 9.21. The number of hydroxylamine groups is 1. The molecular formula is C7H7NOS2. The van der Waals surface area contributed by atoms with Gasteiger partial charge in [-0.15, -0.1) is 12.6 Å². The lowest BCUT2D eigenvalue weighted by Gasteiger charge is -2.12. The largest absolute Gasteiger partial charge is 0.282 e. The van der Waals surface area contributed by atoms with Gasteiger partial charge in [0.05, 0.1) is 5.69 Å². The number of thiocarbonyl (C=S) groups is 1. The van der Waals surface area contributed by atoms with Gasteiger partial charge >= 0.3 is 0 Å². The van der Waals surface area contributed by atoms with Crippen molar-refractivity contribution in [1.29, 1.82) is 0 Å². The van der Waals surface area contributed by atoms with Crippen LogP contribution in [0.5, 0.6) is 0 Å². The molecule has 0 saturated heterocycles. The van der Waals surface area contributed by atoms with Crippen LogP contribution in [0, 0.1) is 0 Å². The van der Waals surface area contributed by atoms with Crippen molar-refractivity contribution in [3.63, 3.8) is 0 Å². The highest BCUT2D eigenvalue weighted by molar-refractivity contribution is 8.11. The van der Waals surface area contributed by atoms with E-state index in [0.717, 1.165) is 5.06 Å². The second kappa shape index (κ2) is 3.71. The Morgan fingerprint density at radius 1 is 1.36 bits per heavy atom. The molecule has 0 atom stereocenters. The van der Waals surface area contributed by atoms with Gasteiger partial charge in [-0.3, -0.25) is 5.21 Å². The predicted molar refractivity (Wildman–Crippen MR) is 52.3 cm³/mol. The van der Waals surface area contributed by atoms with Gasteiger partial charge in [-0.25, -0.2) is 5.06 Å². The Kier molecular flexibility index (Phi) is 2.87. The van der Waals surface area contributed by atoms with Gasteiger partial charge in [-0.05, 0) is 12.1 Å². The van der Waals surface area contributed by atoms with Gasteiger partial charge in [0.2, 0.25) is 0 Å². The number of para-hydroxylation sites is 1. The SMILES string of the molecule is ON(C(=S)S)c1ccccc1. The van der Waals surface area contributed by atoms with Crippen LogP contribution in [0.15, 0.2) is 30.3 Å². The van der Waals surface area contributed by atoms with E-state index in [9.17, 15) is 5.21 Å². The number of anilines is 1. The lowest BCUT2D eigenvalue weighted by molar-refractivity contribution is 0.317. The van der Waals surface area contributed by atoms with E-state index in [4.69, 9.17) is 0 Å². The number of hydrogen-bond acceptors (Lipinski definition) is 2. The summed E-state index contributed by atoms with van der Waals surface area (Å²) in [6.07, 6.45) is 0. The third-order valence-corrected chi connectivity index (χ3v) is 1.54. The summed E-state index contributed by atoms with van der Waals surface area (Å²) in [4.78, 5) is 0. The van der Waals surface area contributed by atoms with E-state index in [0.29, 0.717) is 5.69 Å². The molecule has 0 spiro atoms. The van der Waals surface area contributed by atoms with Crippen LogP contribution in [0.1, 0.15) is 0 Å². The Bertz CT molecular complexity index is 250. The zero-order valence-corrected chi connectivity index (χ0v) is 7.35. The second-order valence-corrected chi connectivity index (χ2v) is 3.04. The van der Waals surface area contributed by atoms with E-state index < -0.39 is 0 Å². The number of rotatable bonds is 1. The molecule has 0 aliphatic rings. The quantitative estimate of drug-likeness (QED) is 0.398. The summed E-state index contributed by atoms with van der Waals surface area (Å²) in [6, 6.07) is 8.96. The Hall–Kier alpha value is -0.580. The van der Waals surface area contributed by atoms with E-state index in [1.165, 1.54) is 0 Å². The predicted octanol–water partition coefficient (Wildman–Crippen LogP) is 2.10. The highest BCUT2D eigenvalue weighted by atomic mass is 32.1. The van der Waals surface area contributed by atoms with Gasteiger partial charge in [-0.1, -0.05) is 30.4 Å². The fourth-order valence-electron chi connectivity index (χ4n) is 0.680. The summed E-state index contributed by atoms with van der Waals surface area (Å²) in [7, 11) is 0. The third kappa shape index (κ3) is 2.18. The molecule has 0 heterocycles. The van der Waals surface area contributed by atoms with E-state index in [-0.39, 0.29) is 4.32 Å². The summed E-state index contributed by atoms with van der Waals surface area (Å²) in [5.74, 6) is 0. The van der Waals surface area contributed by atoms with Crippen LogP contribution in [-0.2, 0) is 0 Å². The van der Waals surface area contributed by atoms with Gasteiger partial charge in [0.15, 0.2) is 4.32 Å². The van der Waals surface area contributed by atoms with Gasteiger partial charge in [0, 0.05) is 0 Å². The van der Waals surface area contributed by atoms with E-state index in [1.807, 2.05) is 18.2 Å². The molecular weight excluding hydrogens is 178 g/mol. The maximum Gasteiger partial charge on any atom is 0.162 e. The number of hydrogen-bond donors (Lipinski definition) is 2. The zero-order valence-electron chi connectivity index (χ0n) is 5.64. The molecule has 0 saturated carbocycles. The van der Waals surface area contributed by atoms with Crippen molar-refractivity contribution in [3.05, 3.63) is 30.3 Å². The van der Waals surface area contributed by atoms with E-state index in [2.05, 4.69) is 24.8 Å². The first-order valence-electron chi connectivity index (χ1n) is 2.99. The minimum absolute atomic E-state index is 0.135. The van der Waals surface area contributed by atoms with E-state index >= 15 is 0 Å². The molecule has 1 N–H and O–H groups in total. The zero-order chi connectivity index (χ0) is 8.27. The van der Waals surface area contributed by atoms with Gasteiger partial charge in [0.25, 0.3) is 0 Å². The smallest absolute Gasteiger partial charge is 0.162 e. The van der Waals surface area contributed by atoms with Crippen molar-refractivity contribution in [3.8, 4) is 0 Å². The molecule has 1 aromatic rings. The van der Waals surface area contributed by atoms with Gasteiger partial charge in [0.1, 0.15) is 0 Å². The molecule has 1 rings (SSSR count). The Labute approximate surface area is 75.8 Å².